The van der Waals surface area contributed by atoms with Crippen molar-refractivity contribution in [2.45, 2.75) is 6.92 Å². The fourth-order valence-corrected chi connectivity index (χ4v) is 3.22. The van der Waals surface area contributed by atoms with Crippen molar-refractivity contribution in [2.75, 3.05) is 37.7 Å². The van der Waals surface area contributed by atoms with Gasteiger partial charge in [-0.2, -0.15) is 0 Å². The van der Waals surface area contributed by atoms with Crippen LogP contribution < -0.4 is 9.64 Å². The molecular weight excluding hydrogens is 370 g/mol. The molecule has 142 valence electrons. The number of hydrogen-bond acceptors (Lipinski definition) is 5. The number of anilines is 1. The Hall–Kier alpha value is -2.80. The van der Waals surface area contributed by atoms with E-state index in [2.05, 4.69) is 0 Å². The Bertz CT molecular complexity index is 851. The molecule has 27 heavy (non-hydrogen) atoms. The van der Waals surface area contributed by atoms with E-state index in [0.717, 1.165) is 5.56 Å². The number of amides is 1. The second-order valence-electron chi connectivity index (χ2n) is 6.31. The predicted octanol–water partition coefficient (Wildman–Crippen LogP) is 3.28. The summed E-state index contributed by atoms with van der Waals surface area (Å²) < 4.78 is 5.62. The average molecular weight is 390 g/mol. The van der Waals surface area contributed by atoms with Gasteiger partial charge >= 0.3 is 0 Å². The average Bonchev–Trinajstić information content (AvgIpc) is 2.67. The summed E-state index contributed by atoms with van der Waals surface area (Å²) in [5.41, 5.74) is 1.47. The lowest BCUT2D eigenvalue weighted by atomic mass is 10.2. The quantitative estimate of drug-likeness (QED) is 0.579. The minimum Gasteiger partial charge on any atom is -0.484 e. The number of nitrogens with zero attached hydrogens (tertiary/aromatic N) is 3. The van der Waals surface area contributed by atoms with Crippen molar-refractivity contribution in [3.63, 3.8) is 0 Å². The highest BCUT2D eigenvalue weighted by Gasteiger charge is 2.26. The molecule has 1 aliphatic rings. The Morgan fingerprint density at radius 2 is 1.89 bits per heavy atom. The molecule has 1 saturated heterocycles. The van der Waals surface area contributed by atoms with Gasteiger partial charge in [-0.1, -0.05) is 29.8 Å². The molecule has 0 aliphatic carbocycles. The molecule has 0 N–H and O–H groups in total. The van der Waals surface area contributed by atoms with Crippen molar-refractivity contribution in [2.24, 2.45) is 0 Å². The van der Waals surface area contributed by atoms with E-state index in [9.17, 15) is 14.9 Å². The van der Waals surface area contributed by atoms with E-state index in [4.69, 9.17) is 16.3 Å². The lowest BCUT2D eigenvalue weighted by Gasteiger charge is -2.35. The van der Waals surface area contributed by atoms with Crippen LogP contribution in [0.3, 0.4) is 0 Å². The van der Waals surface area contributed by atoms with E-state index in [0.29, 0.717) is 42.6 Å². The molecule has 0 atom stereocenters. The van der Waals surface area contributed by atoms with Gasteiger partial charge in [0, 0.05) is 37.3 Å². The maximum atomic E-state index is 12.4. The number of benzene rings is 2. The van der Waals surface area contributed by atoms with E-state index in [1.54, 1.807) is 17.0 Å². The highest BCUT2D eigenvalue weighted by atomic mass is 35.5. The molecule has 0 saturated carbocycles. The van der Waals surface area contributed by atoms with Gasteiger partial charge in [0.15, 0.2) is 6.61 Å². The summed E-state index contributed by atoms with van der Waals surface area (Å²) in [6, 6.07) is 12.2. The van der Waals surface area contributed by atoms with E-state index in [1.165, 1.54) is 6.07 Å². The van der Waals surface area contributed by atoms with Gasteiger partial charge in [0.1, 0.15) is 11.4 Å². The highest BCUT2D eigenvalue weighted by molar-refractivity contribution is 6.30. The summed E-state index contributed by atoms with van der Waals surface area (Å²) in [6.45, 7) is 3.90. The van der Waals surface area contributed by atoms with E-state index in [1.807, 2.05) is 36.1 Å². The number of hydrogen-bond donors (Lipinski definition) is 0. The minimum absolute atomic E-state index is 0.0219. The first-order chi connectivity index (χ1) is 13.0. The van der Waals surface area contributed by atoms with Crippen LogP contribution in [0.4, 0.5) is 11.4 Å². The molecule has 3 rings (SSSR count). The van der Waals surface area contributed by atoms with Crippen LogP contribution in [0.1, 0.15) is 5.56 Å². The summed E-state index contributed by atoms with van der Waals surface area (Å²) in [7, 11) is 0. The van der Waals surface area contributed by atoms with Crippen LogP contribution in [0, 0.1) is 17.0 Å². The van der Waals surface area contributed by atoms with Crippen molar-refractivity contribution in [3.05, 3.63) is 63.2 Å². The Balaban J connectivity index is 1.58. The first-order valence-electron chi connectivity index (χ1n) is 8.61. The van der Waals surface area contributed by atoms with Crippen molar-refractivity contribution in [1.82, 2.24) is 4.90 Å². The predicted molar refractivity (Wildman–Crippen MR) is 104 cm³/mol. The zero-order chi connectivity index (χ0) is 19.4. The van der Waals surface area contributed by atoms with E-state index in [-0.39, 0.29) is 18.2 Å². The number of para-hydroxylation sites is 1. The maximum Gasteiger partial charge on any atom is 0.294 e. The van der Waals surface area contributed by atoms with Gasteiger partial charge in [-0.05, 0) is 30.7 Å². The molecule has 0 unspecified atom stereocenters. The van der Waals surface area contributed by atoms with E-state index < -0.39 is 4.92 Å². The molecular formula is C19H20ClN3O4. The molecule has 1 heterocycles. The summed E-state index contributed by atoms with van der Waals surface area (Å²) in [5, 5.41) is 11.6. The number of nitro benzene ring substituents is 1. The first kappa shape index (κ1) is 19.0. The maximum absolute atomic E-state index is 12.4. The molecule has 0 aromatic heterocycles. The van der Waals surface area contributed by atoms with Crippen LogP contribution in [0.5, 0.6) is 5.75 Å². The Morgan fingerprint density at radius 3 is 2.56 bits per heavy atom. The van der Waals surface area contributed by atoms with Gasteiger partial charge in [-0.25, -0.2) is 0 Å². The SMILES string of the molecule is Cc1ccccc1OCC(=O)N1CCN(c2ccc(Cl)cc2[N+](=O)[O-])CC1. The topological polar surface area (TPSA) is 75.9 Å². The van der Waals surface area contributed by atoms with Crippen LogP contribution >= 0.6 is 11.6 Å². The number of aryl methyl sites for hydroxylation is 1. The third kappa shape index (κ3) is 4.49. The summed E-state index contributed by atoms with van der Waals surface area (Å²) in [5.74, 6) is 0.602. The largest absolute Gasteiger partial charge is 0.484 e. The second-order valence-corrected chi connectivity index (χ2v) is 6.75. The second kappa shape index (κ2) is 8.26. The van der Waals surface area contributed by atoms with Crippen LogP contribution in [0.25, 0.3) is 0 Å². The molecule has 1 amide bonds. The Morgan fingerprint density at radius 1 is 1.19 bits per heavy atom. The number of piperazine rings is 1. The molecule has 0 bridgehead atoms. The minimum atomic E-state index is -0.436. The van der Waals surface area contributed by atoms with Gasteiger partial charge in [-0.15, -0.1) is 0 Å². The van der Waals surface area contributed by atoms with Crippen molar-refractivity contribution < 1.29 is 14.5 Å². The van der Waals surface area contributed by atoms with Crippen molar-refractivity contribution >= 4 is 28.9 Å². The number of rotatable bonds is 5. The summed E-state index contributed by atoms with van der Waals surface area (Å²) in [4.78, 5) is 26.9. The number of carbonyl (C=O) groups is 1. The normalized spacial score (nSPS) is 14.1. The van der Waals surface area contributed by atoms with Gasteiger partial charge in [0.2, 0.25) is 0 Å². The van der Waals surface area contributed by atoms with Crippen LogP contribution in [-0.4, -0.2) is 48.5 Å². The third-order valence-electron chi connectivity index (χ3n) is 4.55. The van der Waals surface area contributed by atoms with Gasteiger partial charge < -0.3 is 14.5 Å². The van der Waals surface area contributed by atoms with E-state index >= 15 is 0 Å². The zero-order valence-electron chi connectivity index (χ0n) is 14.9. The lowest BCUT2D eigenvalue weighted by molar-refractivity contribution is -0.384. The summed E-state index contributed by atoms with van der Waals surface area (Å²) >= 11 is 5.87. The van der Waals surface area contributed by atoms with Crippen LogP contribution in [0.15, 0.2) is 42.5 Å². The summed E-state index contributed by atoms with van der Waals surface area (Å²) in [6.07, 6.45) is 0. The van der Waals surface area contributed by atoms with Gasteiger partial charge in [0.25, 0.3) is 11.6 Å². The molecule has 8 heteroatoms. The molecule has 0 radical (unpaired) electrons. The third-order valence-corrected chi connectivity index (χ3v) is 4.79. The van der Waals surface area contributed by atoms with Crippen molar-refractivity contribution in [3.8, 4) is 5.75 Å². The molecule has 1 aliphatic heterocycles. The Labute approximate surface area is 162 Å². The smallest absolute Gasteiger partial charge is 0.294 e. The first-order valence-corrected chi connectivity index (χ1v) is 8.98. The van der Waals surface area contributed by atoms with Gasteiger partial charge in [-0.3, -0.25) is 14.9 Å². The zero-order valence-corrected chi connectivity index (χ0v) is 15.7. The number of nitro groups is 1. The van der Waals surface area contributed by atoms with Crippen LogP contribution in [0.2, 0.25) is 5.02 Å². The van der Waals surface area contributed by atoms with Crippen molar-refractivity contribution in [1.29, 1.82) is 0 Å². The molecule has 7 nitrogen and oxygen atoms in total. The molecule has 0 spiro atoms. The highest BCUT2D eigenvalue weighted by Crippen LogP contribution is 2.31. The fourth-order valence-electron chi connectivity index (χ4n) is 3.06. The monoisotopic (exact) mass is 389 g/mol. The Kier molecular flexibility index (Phi) is 5.81. The fraction of sp³-hybridized carbons (Fsp3) is 0.316. The molecule has 1 fully saturated rings. The lowest BCUT2D eigenvalue weighted by Crippen LogP contribution is -2.50. The van der Waals surface area contributed by atoms with Gasteiger partial charge in [0.05, 0.1) is 4.92 Å². The number of ether oxygens (including phenoxy) is 1. The standard InChI is InChI=1S/C19H20ClN3O4/c1-14-4-2-3-5-18(14)27-13-19(24)22-10-8-21(9-11-22)16-7-6-15(20)12-17(16)23(25)26/h2-7,12H,8-11,13H2,1H3. The van der Waals surface area contributed by atoms with Crippen LogP contribution in [-0.2, 0) is 4.79 Å². The molecule has 2 aromatic carbocycles. The molecule has 2 aromatic rings. The number of halogens is 1. The number of carbonyl (C=O) groups excluding carboxylic acids is 1.